The maximum atomic E-state index is 10.3. The molecular weight excluding hydrogens is 236 g/mol. The van der Waals surface area contributed by atoms with Gasteiger partial charge >= 0.3 is 0 Å². The van der Waals surface area contributed by atoms with Gasteiger partial charge in [-0.2, -0.15) is 0 Å². The lowest BCUT2D eigenvalue weighted by Crippen LogP contribution is -2.22. The average Bonchev–Trinajstić information content (AvgIpc) is 2.92. The van der Waals surface area contributed by atoms with Crippen molar-refractivity contribution in [3.8, 4) is 0 Å². The maximum Gasteiger partial charge on any atom is 0.0852 e. The van der Waals surface area contributed by atoms with Crippen LogP contribution in [0.2, 0.25) is 0 Å². The number of benzene rings is 1. The van der Waals surface area contributed by atoms with Crippen molar-refractivity contribution in [3.63, 3.8) is 0 Å². The molecule has 1 aliphatic carbocycles. The minimum absolute atomic E-state index is 0.0985. The predicted molar refractivity (Wildman–Crippen MR) is 76.0 cm³/mol. The first kappa shape index (κ1) is 13.1. The predicted octanol–water partition coefficient (Wildman–Crippen LogP) is 3.63. The summed E-state index contributed by atoms with van der Waals surface area (Å²) in [5, 5.41) is 10.3. The van der Waals surface area contributed by atoms with Crippen molar-refractivity contribution in [3.05, 3.63) is 35.4 Å². The number of aliphatic hydroxyl groups excluding tert-OH is 1. The first-order valence-corrected chi connectivity index (χ1v) is 7.70. The molecule has 3 rings (SSSR count). The third-order valence-electron chi connectivity index (χ3n) is 4.66. The minimum Gasteiger partial charge on any atom is -0.393 e. The summed E-state index contributed by atoms with van der Waals surface area (Å²) in [6, 6.07) is 8.51. The molecule has 2 heteroatoms. The summed E-state index contributed by atoms with van der Waals surface area (Å²) in [6.45, 7) is 0.790. The van der Waals surface area contributed by atoms with Crippen LogP contribution in [0.5, 0.6) is 0 Å². The summed E-state index contributed by atoms with van der Waals surface area (Å²) in [5.41, 5.74) is 2.69. The van der Waals surface area contributed by atoms with Gasteiger partial charge in [-0.3, -0.25) is 0 Å². The molecule has 1 fully saturated rings. The molecule has 0 spiro atoms. The largest absolute Gasteiger partial charge is 0.393 e. The zero-order valence-electron chi connectivity index (χ0n) is 11.6. The molecule has 1 saturated carbocycles. The molecule has 1 aromatic carbocycles. The highest BCUT2D eigenvalue weighted by Crippen LogP contribution is 2.34. The van der Waals surface area contributed by atoms with E-state index < -0.39 is 0 Å². The monoisotopic (exact) mass is 260 g/mol. The van der Waals surface area contributed by atoms with Crippen molar-refractivity contribution in [1.29, 1.82) is 0 Å². The first-order chi connectivity index (χ1) is 9.33. The molecule has 1 heterocycles. The Bertz CT molecular complexity index is 409. The molecule has 1 N–H and O–H groups in total. The van der Waals surface area contributed by atoms with E-state index in [2.05, 4.69) is 24.3 Å². The SMILES string of the molecule is OC(CC1CCCC1)CC1OCCc2ccccc21. The minimum atomic E-state index is -0.209. The van der Waals surface area contributed by atoms with E-state index in [4.69, 9.17) is 4.74 Å². The average molecular weight is 260 g/mol. The Kier molecular flexibility index (Phi) is 4.19. The molecule has 19 heavy (non-hydrogen) atoms. The molecule has 2 unspecified atom stereocenters. The number of fused-ring (bicyclic) bond motifs is 1. The van der Waals surface area contributed by atoms with Gasteiger partial charge in [0.2, 0.25) is 0 Å². The summed E-state index contributed by atoms with van der Waals surface area (Å²) in [7, 11) is 0. The van der Waals surface area contributed by atoms with Gasteiger partial charge in [-0.15, -0.1) is 0 Å². The van der Waals surface area contributed by atoms with Gasteiger partial charge in [0.1, 0.15) is 0 Å². The van der Waals surface area contributed by atoms with E-state index in [9.17, 15) is 5.11 Å². The lowest BCUT2D eigenvalue weighted by atomic mass is 9.91. The molecule has 0 aromatic heterocycles. The third kappa shape index (κ3) is 3.18. The quantitative estimate of drug-likeness (QED) is 0.895. The Hall–Kier alpha value is -0.860. The van der Waals surface area contributed by atoms with E-state index >= 15 is 0 Å². The van der Waals surface area contributed by atoms with Crippen molar-refractivity contribution in [1.82, 2.24) is 0 Å². The Morgan fingerprint density at radius 2 is 1.95 bits per heavy atom. The Balaban J connectivity index is 1.60. The molecule has 2 atom stereocenters. The highest BCUT2D eigenvalue weighted by atomic mass is 16.5. The lowest BCUT2D eigenvalue weighted by molar-refractivity contribution is -0.00105. The second-order valence-corrected chi connectivity index (χ2v) is 6.08. The molecule has 0 amide bonds. The van der Waals surface area contributed by atoms with Crippen LogP contribution in [0, 0.1) is 5.92 Å². The molecular formula is C17H24O2. The van der Waals surface area contributed by atoms with Crippen LogP contribution in [-0.2, 0) is 11.2 Å². The smallest absolute Gasteiger partial charge is 0.0852 e. The summed E-state index contributed by atoms with van der Waals surface area (Å²) in [5.74, 6) is 0.744. The Morgan fingerprint density at radius 3 is 2.79 bits per heavy atom. The Labute approximate surface area is 115 Å². The molecule has 0 radical (unpaired) electrons. The van der Waals surface area contributed by atoms with Crippen molar-refractivity contribution in [2.45, 2.75) is 57.2 Å². The topological polar surface area (TPSA) is 29.5 Å². The number of ether oxygens (including phenoxy) is 1. The lowest BCUT2D eigenvalue weighted by Gasteiger charge is -2.28. The van der Waals surface area contributed by atoms with Crippen molar-refractivity contribution < 1.29 is 9.84 Å². The number of rotatable bonds is 4. The highest BCUT2D eigenvalue weighted by Gasteiger charge is 2.25. The third-order valence-corrected chi connectivity index (χ3v) is 4.66. The van der Waals surface area contributed by atoms with E-state index in [0.29, 0.717) is 0 Å². The van der Waals surface area contributed by atoms with E-state index in [1.165, 1.54) is 36.8 Å². The normalized spacial score (nSPS) is 25.2. The molecule has 104 valence electrons. The zero-order valence-corrected chi connectivity index (χ0v) is 11.6. The standard InChI is InChI=1S/C17H24O2/c18-15(11-13-5-1-2-6-13)12-17-16-8-4-3-7-14(16)9-10-19-17/h3-4,7-8,13,15,17-18H,1-2,5-6,9-12H2. The molecule has 0 bridgehead atoms. The molecule has 2 aliphatic rings. The number of hydrogen-bond acceptors (Lipinski definition) is 2. The zero-order chi connectivity index (χ0) is 13.1. The summed E-state index contributed by atoms with van der Waals surface area (Å²) >= 11 is 0. The van der Waals surface area contributed by atoms with Crippen LogP contribution in [0.25, 0.3) is 0 Å². The second kappa shape index (κ2) is 6.06. The van der Waals surface area contributed by atoms with Gasteiger partial charge in [-0.05, 0) is 29.9 Å². The van der Waals surface area contributed by atoms with Crippen LogP contribution >= 0.6 is 0 Å². The van der Waals surface area contributed by atoms with Gasteiger partial charge in [0, 0.05) is 6.42 Å². The van der Waals surface area contributed by atoms with Crippen molar-refractivity contribution in [2.75, 3.05) is 6.61 Å². The number of hydrogen-bond donors (Lipinski definition) is 1. The van der Waals surface area contributed by atoms with Crippen LogP contribution < -0.4 is 0 Å². The van der Waals surface area contributed by atoms with E-state index in [0.717, 1.165) is 31.8 Å². The summed E-state index contributed by atoms with van der Waals surface area (Å²) < 4.78 is 5.88. The first-order valence-electron chi connectivity index (χ1n) is 7.70. The highest BCUT2D eigenvalue weighted by molar-refractivity contribution is 5.30. The van der Waals surface area contributed by atoms with Gasteiger partial charge < -0.3 is 9.84 Å². The molecule has 2 nitrogen and oxygen atoms in total. The summed E-state index contributed by atoms with van der Waals surface area (Å²) in [4.78, 5) is 0. The molecule has 1 aromatic rings. The van der Waals surface area contributed by atoms with Crippen LogP contribution in [0.4, 0.5) is 0 Å². The fourth-order valence-corrected chi connectivity index (χ4v) is 3.65. The van der Waals surface area contributed by atoms with Gasteiger partial charge in [0.25, 0.3) is 0 Å². The van der Waals surface area contributed by atoms with Crippen LogP contribution in [0.3, 0.4) is 0 Å². The van der Waals surface area contributed by atoms with Crippen molar-refractivity contribution >= 4 is 0 Å². The van der Waals surface area contributed by atoms with Gasteiger partial charge in [0.05, 0.1) is 18.8 Å². The van der Waals surface area contributed by atoms with E-state index in [1.54, 1.807) is 0 Å². The van der Waals surface area contributed by atoms with Gasteiger partial charge in [0.15, 0.2) is 0 Å². The Morgan fingerprint density at radius 1 is 1.16 bits per heavy atom. The van der Waals surface area contributed by atoms with Gasteiger partial charge in [-0.25, -0.2) is 0 Å². The summed E-state index contributed by atoms with van der Waals surface area (Å²) in [6.07, 6.45) is 7.92. The molecule has 1 aliphatic heterocycles. The van der Waals surface area contributed by atoms with Crippen LogP contribution in [0.15, 0.2) is 24.3 Å². The second-order valence-electron chi connectivity index (χ2n) is 6.08. The van der Waals surface area contributed by atoms with Gasteiger partial charge in [-0.1, -0.05) is 49.9 Å². The molecule has 0 saturated heterocycles. The maximum absolute atomic E-state index is 10.3. The van der Waals surface area contributed by atoms with Crippen LogP contribution in [-0.4, -0.2) is 17.8 Å². The van der Waals surface area contributed by atoms with E-state index in [1.807, 2.05) is 0 Å². The fourth-order valence-electron chi connectivity index (χ4n) is 3.65. The van der Waals surface area contributed by atoms with E-state index in [-0.39, 0.29) is 12.2 Å². The fraction of sp³-hybridized carbons (Fsp3) is 0.647. The number of aliphatic hydroxyl groups is 1. The van der Waals surface area contributed by atoms with Crippen LogP contribution in [0.1, 0.15) is 55.8 Å². The van der Waals surface area contributed by atoms with Crippen molar-refractivity contribution in [2.24, 2.45) is 5.92 Å².